The fourth-order valence-corrected chi connectivity index (χ4v) is 3.99. The Kier molecular flexibility index (Phi) is 5.34. The Morgan fingerprint density at radius 2 is 1.88 bits per heavy atom. The van der Waals surface area contributed by atoms with Crippen LogP contribution in [0.3, 0.4) is 0 Å². The summed E-state index contributed by atoms with van der Waals surface area (Å²) >= 11 is 0. The second-order valence-electron chi connectivity index (χ2n) is 7.87. The molecule has 2 rings (SSSR count). The number of nitro benzene ring substituents is 1. The first-order valence-corrected chi connectivity index (χ1v) is 11.2. The van der Waals surface area contributed by atoms with E-state index in [-0.39, 0.29) is 28.7 Å². The van der Waals surface area contributed by atoms with Gasteiger partial charge in [-0.15, -0.1) is 0 Å². The van der Waals surface area contributed by atoms with E-state index >= 15 is 0 Å². The van der Waals surface area contributed by atoms with Crippen molar-refractivity contribution in [2.45, 2.75) is 70.4 Å². The van der Waals surface area contributed by atoms with Crippen LogP contribution < -0.4 is 4.74 Å². The van der Waals surface area contributed by atoms with E-state index in [0.717, 1.165) is 37.5 Å². The molecule has 0 bridgehead atoms. The van der Waals surface area contributed by atoms with Crippen molar-refractivity contribution in [2.75, 3.05) is 0 Å². The van der Waals surface area contributed by atoms with E-state index in [0.29, 0.717) is 0 Å². The Labute approximate surface area is 143 Å². The van der Waals surface area contributed by atoms with Gasteiger partial charge in [-0.1, -0.05) is 20.8 Å². The minimum absolute atomic E-state index is 0.0178. The summed E-state index contributed by atoms with van der Waals surface area (Å²) in [6.07, 6.45) is 2.17. The maximum atomic E-state index is 13.5. The van der Waals surface area contributed by atoms with E-state index in [4.69, 9.17) is 9.16 Å². The molecule has 0 aliphatic heterocycles. The normalized spacial score (nSPS) is 21.8. The molecule has 134 valence electrons. The monoisotopic (exact) mass is 355 g/mol. The summed E-state index contributed by atoms with van der Waals surface area (Å²) in [7, 11) is -1.96. The third-order valence-electron chi connectivity index (χ3n) is 5.04. The lowest BCUT2D eigenvalue weighted by molar-refractivity contribution is -0.386. The maximum absolute atomic E-state index is 13.5. The van der Waals surface area contributed by atoms with Gasteiger partial charge in [0.05, 0.1) is 11.0 Å². The number of nitro groups is 1. The van der Waals surface area contributed by atoms with E-state index in [9.17, 15) is 14.5 Å². The summed E-state index contributed by atoms with van der Waals surface area (Å²) in [4.78, 5) is 10.6. The lowest BCUT2D eigenvalue weighted by atomic mass is 10.2. The lowest BCUT2D eigenvalue weighted by Crippen LogP contribution is -2.46. The zero-order valence-electron chi connectivity index (χ0n) is 15.0. The van der Waals surface area contributed by atoms with E-state index < -0.39 is 19.1 Å². The van der Waals surface area contributed by atoms with Crippen molar-refractivity contribution < 1.29 is 18.5 Å². The molecule has 0 radical (unpaired) electrons. The summed E-state index contributed by atoms with van der Waals surface area (Å²) in [6.45, 7) is 10.9. The number of benzene rings is 1. The van der Waals surface area contributed by atoms with Crippen molar-refractivity contribution in [1.82, 2.24) is 0 Å². The maximum Gasteiger partial charge on any atom is 0.311 e. The molecule has 2 atom stereocenters. The van der Waals surface area contributed by atoms with Gasteiger partial charge in [0.15, 0.2) is 14.1 Å². The highest BCUT2D eigenvalue weighted by atomic mass is 28.4. The van der Waals surface area contributed by atoms with Gasteiger partial charge in [0.2, 0.25) is 0 Å². The van der Waals surface area contributed by atoms with Crippen LogP contribution in [0.15, 0.2) is 18.2 Å². The van der Waals surface area contributed by atoms with Crippen LogP contribution >= 0.6 is 0 Å². The molecule has 24 heavy (non-hydrogen) atoms. The zero-order chi connectivity index (χ0) is 18.1. The molecule has 1 fully saturated rings. The lowest BCUT2D eigenvalue weighted by Gasteiger charge is -2.39. The van der Waals surface area contributed by atoms with E-state index in [1.807, 2.05) is 0 Å². The van der Waals surface area contributed by atoms with Crippen LogP contribution in [0, 0.1) is 15.9 Å². The third-order valence-corrected chi connectivity index (χ3v) is 9.55. The predicted molar refractivity (Wildman–Crippen MR) is 93.4 cm³/mol. The zero-order valence-corrected chi connectivity index (χ0v) is 16.0. The van der Waals surface area contributed by atoms with Gasteiger partial charge in [-0.05, 0) is 43.5 Å². The van der Waals surface area contributed by atoms with Crippen LogP contribution in [0.2, 0.25) is 18.1 Å². The molecule has 1 aromatic rings. The highest BCUT2D eigenvalue weighted by Crippen LogP contribution is 2.40. The average Bonchev–Trinajstić information content (AvgIpc) is 2.83. The number of hydrogen-bond acceptors (Lipinski definition) is 4. The Morgan fingerprint density at radius 3 is 2.46 bits per heavy atom. The van der Waals surface area contributed by atoms with Crippen molar-refractivity contribution in [3.63, 3.8) is 0 Å². The second kappa shape index (κ2) is 6.80. The van der Waals surface area contributed by atoms with Crippen molar-refractivity contribution >= 4 is 14.0 Å². The van der Waals surface area contributed by atoms with Crippen LogP contribution in [0.4, 0.5) is 10.1 Å². The number of rotatable bonds is 5. The van der Waals surface area contributed by atoms with Gasteiger partial charge in [0, 0.05) is 12.1 Å². The molecule has 0 heterocycles. The molecule has 1 aliphatic carbocycles. The number of ether oxygens (including phenoxy) is 1. The number of hydrogen-bond donors (Lipinski definition) is 0. The van der Waals surface area contributed by atoms with E-state index in [1.165, 1.54) is 0 Å². The van der Waals surface area contributed by atoms with Gasteiger partial charge < -0.3 is 9.16 Å². The molecule has 1 aromatic carbocycles. The highest BCUT2D eigenvalue weighted by Gasteiger charge is 2.43. The fraction of sp³-hybridized carbons (Fsp3) is 0.647. The van der Waals surface area contributed by atoms with Crippen molar-refractivity contribution in [3.8, 4) is 5.75 Å². The van der Waals surface area contributed by atoms with Gasteiger partial charge in [-0.25, -0.2) is 4.39 Å². The minimum Gasteiger partial charge on any atom is -0.481 e. The molecule has 1 aliphatic rings. The summed E-state index contributed by atoms with van der Waals surface area (Å²) < 4.78 is 25.7. The Balaban J connectivity index is 2.18. The highest BCUT2D eigenvalue weighted by molar-refractivity contribution is 6.74. The van der Waals surface area contributed by atoms with Crippen LogP contribution in [0.5, 0.6) is 5.75 Å². The van der Waals surface area contributed by atoms with E-state index in [1.54, 1.807) is 0 Å². The summed E-state index contributed by atoms with van der Waals surface area (Å²) in [5.74, 6) is -0.564. The van der Waals surface area contributed by atoms with Crippen LogP contribution in [-0.2, 0) is 4.43 Å². The first-order chi connectivity index (χ1) is 11.0. The van der Waals surface area contributed by atoms with Gasteiger partial charge in [0.25, 0.3) is 0 Å². The molecule has 0 spiro atoms. The second-order valence-corrected chi connectivity index (χ2v) is 12.6. The molecule has 0 amide bonds. The summed E-state index contributed by atoms with van der Waals surface area (Å²) in [6, 6.07) is 3.30. The Hall–Kier alpha value is -1.47. The topological polar surface area (TPSA) is 61.6 Å². The average molecular weight is 355 g/mol. The quantitative estimate of drug-likeness (QED) is 0.421. The molecule has 0 N–H and O–H groups in total. The fourth-order valence-electron chi connectivity index (χ4n) is 2.61. The number of halogens is 1. The first-order valence-electron chi connectivity index (χ1n) is 8.30. The van der Waals surface area contributed by atoms with E-state index in [2.05, 4.69) is 33.9 Å². The number of nitrogens with zero attached hydrogens (tertiary/aromatic N) is 1. The minimum atomic E-state index is -1.96. The van der Waals surface area contributed by atoms with Gasteiger partial charge in [0.1, 0.15) is 11.9 Å². The van der Waals surface area contributed by atoms with Crippen molar-refractivity contribution in [3.05, 3.63) is 34.1 Å². The molecular weight excluding hydrogens is 329 g/mol. The van der Waals surface area contributed by atoms with Gasteiger partial charge >= 0.3 is 5.69 Å². The van der Waals surface area contributed by atoms with Crippen LogP contribution in [0.1, 0.15) is 40.0 Å². The Morgan fingerprint density at radius 1 is 1.25 bits per heavy atom. The summed E-state index contributed by atoms with van der Waals surface area (Å²) in [5.41, 5.74) is -0.214. The third kappa shape index (κ3) is 4.13. The van der Waals surface area contributed by atoms with Crippen molar-refractivity contribution in [1.29, 1.82) is 0 Å². The van der Waals surface area contributed by atoms with Crippen LogP contribution in [0.25, 0.3) is 0 Å². The molecular formula is C17H26FNO4Si. The standard InChI is InChI=1S/C17H26FNO4Si/c1-17(2,3)24(4,5)23-15-8-6-7-14(15)22-16-11-12(18)9-10-13(16)19(20)21/h9-11,14-15H,6-8H2,1-5H3/t14-,15-/m1/s1. The molecule has 0 aromatic heterocycles. The predicted octanol–water partition coefficient (Wildman–Crippen LogP) is 5.06. The Bertz CT molecular complexity index is 615. The van der Waals surface area contributed by atoms with Crippen LogP contribution in [-0.4, -0.2) is 25.4 Å². The van der Waals surface area contributed by atoms with Gasteiger partial charge in [-0.2, -0.15) is 0 Å². The molecule has 5 nitrogen and oxygen atoms in total. The molecule has 0 saturated heterocycles. The molecule has 0 unspecified atom stereocenters. The smallest absolute Gasteiger partial charge is 0.311 e. The SMILES string of the molecule is CC(C)(C)[Si](C)(C)O[C@@H]1CCC[C@H]1Oc1cc(F)ccc1[N+](=O)[O-]. The van der Waals surface area contributed by atoms with Gasteiger partial charge in [-0.3, -0.25) is 10.1 Å². The molecule has 7 heteroatoms. The van der Waals surface area contributed by atoms with Crippen molar-refractivity contribution in [2.24, 2.45) is 0 Å². The first kappa shape index (κ1) is 18.9. The molecule has 1 saturated carbocycles. The largest absolute Gasteiger partial charge is 0.481 e. The summed E-state index contributed by atoms with van der Waals surface area (Å²) in [5, 5.41) is 11.2.